The van der Waals surface area contributed by atoms with Gasteiger partial charge in [0.2, 0.25) is 0 Å². The predicted molar refractivity (Wildman–Crippen MR) is 83.9 cm³/mol. The van der Waals surface area contributed by atoms with Crippen LogP contribution in [0.5, 0.6) is 5.75 Å². The van der Waals surface area contributed by atoms with E-state index < -0.39 is 0 Å². The Bertz CT molecular complexity index is 554. The smallest absolute Gasteiger partial charge is 0.123 e. The van der Waals surface area contributed by atoms with E-state index in [1.165, 1.54) is 5.56 Å². The Kier molecular flexibility index (Phi) is 5.61. The van der Waals surface area contributed by atoms with E-state index in [0.717, 1.165) is 35.6 Å². The van der Waals surface area contributed by atoms with E-state index >= 15 is 0 Å². The molecule has 108 valence electrons. The molecule has 0 fully saturated rings. The number of benzene rings is 1. The third-order valence-electron chi connectivity index (χ3n) is 3.09. The van der Waals surface area contributed by atoms with E-state index in [9.17, 15) is 0 Å². The molecule has 0 aliphatic rings. The minimum atomic E-state index is 0.631. The first-order chi connectivity index (χ1) is 9.70. The van der Waals surface area contributed by atoms with E-state index in [2.05, 4.69) is 39.2 Å². The molecule has 2 aromatic rings. The lowest BCUT2D eigenvalue weighted by atomic mass is 10.2. The molecule has 1 heterocycles. The predicted octanol–water partition coefficient (Wildman–Crippen LogP) is 2.91. The zero-order chi connectivity index (χ0) is 14.4. The summed E-state index contributed by atoms with van der Waals surface area (Å²) in [5.74, 6) is 1.97. The number of rotatable bonds is 7. The van der Waals surface area contributed by atoms with Crippen LogP contribution >= 0.6 is 15.9 Å². The summed E-state index contributed by atoms with van der Waals surface area (Å²) in [6, 6.07) is 6.11. The van der Waals surface area contributed by atoms with Gasteiger partial charge in [-0.15, -0.1) is 0 Å². The van der Waals surface area contributed by atoms with E-state index in [0.29, 0.717) is 6.61 Å². The quantitative estimate of drug-likeness (QED) is 0.844. The summed E-state index contributed by atoms with van der Waals surface area (Å²) in [6.45, 7) is 4.48. The fourth-order valence-corrected chi connectivity index (χ4v) is 2.38. The van der Waals surface area contributed by atoms with Crippen LogP contribution in [-0.2, 0) is 20.0 Å². The molecule has 0 saturated heterocycles. The Morgan fingerprint density at radius 2 is 2.25 bits per heavy atom. The lowest BCUT2D eigenvalue weighted by Gasteiger charge is -2.12. The van der Waals surface area contributed by atoms with E-state index in [1.54, 1.807) is 0 Å². The molecule has 1 aromatic heterocycles. The number of imidazole rings is 1. The molecule has 0 aliphatic heterocycles. The maximum absolute atomic E-state index is 5.90. The highest BCUT2D eigenvalue weighted by Gasteiger charge is 2.05. The Morgan fingerprint density at radius 1 is 1.40 bits per heavy atom. The van der Waals surface area contributed by atoms with Gasteiger partial charge < -0.3 is 14.6 Å². The summed E-state index contributed by atoms with van der Waals surface area (Å²) in [7, 11) is 2.00. The number of aromatic nitrogens is 2. The minimum Gasteiger partial charge on any atom is -0.493 e. The highest BCUT2D eigenvalue weighted by molar-refractivity contribution is 9.10. The molecule has 5 heteroatoms. The van der Waals surface area contributed by atoms with Crippen molar-refractivity contribution in [2.45, 2.75) is 19.9 Å². The molecule has 2 rings (SSSR count). The van der Waals surface area contributed by atoms with Gasteiger partial charge in [0.15, 0.2) is 0 Å². The van der Waals surface area contributed by atoms with Crippen LogP contribution in [0.3, 0.4) is 0 Å². The molecule has 0 saturated carbocycles. The van der Waals surface area contributed by atoms with Gasteiger partial charge in [0, 0.05) is 42.4 Å². The molecule has 0 spiro atoms. The number of aryl methyl sites for hydroxylation is 1. The summed E-state index contributed by atoms with van der Waals surface area (Å²) >= 11 is 3.50. The van der Waals surface area contributed by atoms with Crippen molar-refractivity contribution in [3.05, 3.63) is 46.5 Å². The summed E-state index contributed by atoms with van der Waals surface area (Å²) in [5.41, 5.74) is 1.17. The molecule has 0 aliphatic carbocycles. The first kappa shape index (κ1) is 15.1. The monoisotopic (exact) mass is 337 g/mol. The van der Waals surface area contributed by atoms with Crippen molar-refractivity contribution >= 4 is 15.9 Å². The van der Waals surface area contributed by atoms with Gasteiger partial charge >= 0.3 is 0 Å². The number of nitrogens with one attached hydrogen (secondary N) is 1. The fourth-order valence-electron chi connectivity index (χ4n) is 1.98. The molecule has 0 bridgehead atoms. The molecule has 0 atom stereocenters. The lowest BCUT2D eigenvalue weighted by Crippen LogP contribution is -2.14. The van der Waals surface area contributed by atoms with Crippen LogP contribution in [0.1, 0.15) is 18.3 Å². The second-order valence-electron chi connectivity index (χ2n) is 4.59. The van der Waals surface area contributed by atoms with Crippen LogP contribution < -0.4 is 10.1 Å². The summed E-state index contributed by atoms with van der Waals surface area (Å²) in [6.07, 6.45) is 4.57. The standard InChI is InChI=1S/C15H20BrN3O/c1-3-17-11-12-10-13(16)4-5-14(12)20-9-6-15-18-7-8-19(15)2/h4-5,7-8,10,17H,3,6,9,11H2,1-2H3. The second kappa shape index (κ2) is 7.45. The fraction of sp³-hybridized carbons (Fsp3) is 0.400. The van der Waals surface area contributed by atoms with Gasteiger partial charge in [-0.1, -0.05) is 22.9 Å². The van der Waals surface area contributed by atoms with Crippen LogP contribution in [0.15, 0.2) is 35.1 Å². The number of nitrogens with zero attached hydrogens (tertiary/aromatic N) is 2. The summed E-state index contributed by atoms with van der Waals surface area (Å²) < 4.78 is 8.99. The Morgan fingerprint density at radius 3 is 2.95 bits per heavy atom. The normalized spacial score (nSPS) is 10.8. The van der Waals surface area contributed by atoms with E-state index in [-0.39, 0.29) is 0 Å². The molecule has 4 nitrogen and oxygen atoms in total. The van der Waals surface area contributed by atoms with Gasteiger partial charge in [-0.25, -0.2) is 4.98 Å². The first-order valence-electron chi connectivity index (χ1n) is 6.79. The van der Waals surface area contributed by atoms with Crippen molar-refractivity contribution in [3.63, 3.8) is 0 Å². The van der Waals surface area contributed by atoms with E-state index in [1.807, 2.05) is 36.1 Å². The van der Waals surface area contributed by atoms with Crippen LogP contribution in [0, 0.1) is 0 Å². The molecule has 0 amide bonds. The third-order valence-corrected chi connectivity index (χ3v) is 3.59. The molecular weight excluding hydrogens is 318 g/mol. The highest BCUT2D eigenvalue weighted by Crippen LogP contribution is 2.23. The highest BCUT2D eigenvalue weighted by atomic mass is 79.9. The maximum atomic E-state index is 5.90. The van der Waals surface area contributed by atoms with Gasteiger partial charge in [-0.3, -0.25) is 0 Å². The topological polar surface area (TPSA) is 39.1 Å². The minimum absolute atomic E-state index is 0.631. The van der Waals surface area contributed by atoms with Gasteiger partial charge in [0.25, 0.3) is 0 Å². The number of hydrogen-bond donors (Lipinski definition) is 1. The van der Waals surface area contributed by atoms with Crippen LogP contribution in [0.2, 0.25) is 0 Å². The zero-order valence-corrected chi connectivity index (χ0v) is 13.5. The van der Waals surface area contributed by atoms with Gasteiger partial charge in [0.1, 0.15) is 11.6 Å². The molecule has 0 unspecified atom stereocenters. The van der Waals surface area contributed by atoms with Crippen molar-refractivity contribution in [2.24, 2.45) is 7.05 Å². The lowest BCUT2D eigenvalue weighted by molar-refractivity contribution is 0.313. The number of ether oxygens (including phenoxy) is 1. The summed E-state index contributed by atoms with van der Waals surface area (Å²) in [5, 5.41) is 3.33. The Labute approximate surface area is 128 Å². The SMILES string of the molecule is CCNCc1cc(Br)ccc1OCCc1nccn1C. The maximum Gasteiger partial charge on any atom is 0.123 e. The van der Waals surface area contributed by atoms with Crippen molar-refractivity contribution in [1.82, 2.24) is 14.9 Å². The van der Waals surface area contributed by atoms with Crippen molar-refractivity contribution in [1.29, 1.82) is 0 Å². The molecule has 20 heavy (non-hydrogen) atoms. The van der Waals surface area contributed by atoms with Crippen LogP contribution in [0.4, 0.5) is 0 Å². The van der Waals surface area contributed by atoms with Gasteiger partial charge in [-0.2, -0.15) is 0 Å². The number of halogens is 1. The molecule has 1 aromatic carbocycles. The zero-order valence-electron chi connectivity index (χ0n) is 11.9. The van der Waals surface area contributed by atoms with Crippen LogP contribution in [0.25, 0.3) is 0 Å². The average molecular weight is 338 g/mol. The molecular formula is C15H20BrN3O. The largest absolute Gasteiger partial charge is 0.493 e. The van der Waals surface area contributed by atoms with Crippen molar-refractivity contribution < 1.29 is 4.74 Å². The third kappa shape index (κ3) is 4.08. The van der Waals surface area contributed by atoms with E-state index in [4.69, 9.17) is 4.74 Å². The Hall–Kier alpha value is -1.33. The Balaban J connectivity index is 1.96. The van der Waals surface area contributed by atoms with Crippen molar-refractivity contribution in [3.8, 4) is 5.75 Å². The molecule has 0 radical (unpaired) electrons. The second-order valence-corrected chi connectivity index (χ2v) is 5.50. The van der Waals surface area contributed by atoms with Gasteiger partial charge in [-0.05, 0) is 24.7 Å². The van der Waals surface area contributed by atoms with Crippen molar-refractivity contribution in [2.75, 3.05) is 13.2 Å². The van der Waals surface area contributed by atoms with Gasteiger partial charge in [0.05, 0.1) is 6.61 Å². The molecule has 1 N–H and O–H groups in total. The average Bonchev–Trinajstić information content (AvgIpc) is 2.84. The summed E-state index contributed by atoms with van der Waals surface area (Å²) in [4.78, 5) is 4.30. The van der Waals surface area contributed by atoms with Crippen LogP contribution in [-0.4, -0.2) is 22.7 Å². The number of hydrogen-bond acceptors (Lipinski definition) is 3. The first-order valence-corrected chi connectivity index (χ1v) is 7.58.